The lowest BCUT2D eigenvalue weighted by atomic mass is 10.2. The highest BCUT2D eigenvalue weighted by atomic mass is 32.1. The highest BCUT2D eigenvalue weighted by Gasteiger charge is 2.24. The number of thiophene rings is 1. The summed E-state index contributed by atoms with van der Waals surface area (Å²) in [7, 11) is 0. The van der Waals surface area contributed by atoms with E-state index in [1.54, 1.807) is 22.6 Å². The van der Waals surface area contributed by atoms with Gasteiger partial charge in [0.05, 0.1) is 11.6 Å². The van der Waals surface area contributed by atoms with E-state index in [9.17, 15) is 9.59 Å². The topological polar surface area (TPSA) is 117 Å². The van der Waals surface area contributed by atoms with Gasteiger partial charge in [-0.3, -0.25) is 4.79 Å². The fraction of sp³-hybridized carbons (Fsp3) is 0.333. The average Bonchev–Trinajstić information content (AvgIpc) is 3.30. The SMILES string of the molecule is O=C(O)c1cn(CC(=O)N2CCN(c3ncnc4sccc34)CC2)nn1. The van der Waals surface area contributed by atoms with Crippen molar-refractivity contribution in [2.75, 3.05) is 31.1 Å². The predicted octanol–water partition coefficient (Wildman–Crippen LogP) is 0.330. The van der Waals surface area contributed by atoms with Crippen molar-refractivity contribution in [1.82, 2.24) is 29.9 Å². The van der Waals surface area contributed by atoms with E-state index in [2.05, 4.69) is 25.2 Å². The number of nitrogens with zero attached hydrogens (tertiary/aromatic N) is 7. The van der Waals surface area contributed by atoms with Crippen LogP contribution in [0.15, 0.2) is 24.0 Å². The minimum Gasteiger partial charge on any atom is -0.476 e. The molecule has 1 saturated heterocycles. The van der Waals surface area contributed by atoms with Crippen molar-refractivity contribution in [2.24, 2.45) is 0 Å². The van der Waals surface area contributed by atoms with E-state index in [1.807, 2.05) is 11.4 Å². The second-order valence-electron chi connectivity index (χ2n) is 5.81. The van der Waals surface area contributed by atoms with Crippen LogP contribution in [0.4, 0.5) is 5.82 Å². The van der Waals surface area contributed by atoms with E-state index < -0.39 is 5.97 Å². The Kier molecular flexibility index (Phi) is 4.21. The molecule has 0 aliphatic carbocycles. The van der Waals surface area contributed by atoms with E-state index in [-0.39, 0.29) is 18.1 Å². The van der Waals surface area contributed by atoms with Gasteiger partial charge in [-0.25, -0.2) is 19.4 Å². The molecule has 0 saturated carbocycles. The fourth-order valence-corrected chi connectivity index (χ4v) is 3.64. The van der Waals surface area contributed by atoms with Crippen LogP contribution in [-0.4, -0.2) is 73.0 Å². The third-order valence-electron chi connectivity index (χ3n) is 4.23. The molecule has 0 bridgehead atoms. The van der Waals surface area contributed by atoms with Crippen LogP contribution >= 0.6 is 11.3 Å². The standard InChI is InChI=1S/C15H15N7O3S/c23-12(8-22-7-11(15(24)25)18-19-22)20-2-4-21(5-3-20)13-10-1-6-26-14(10)17-9-16-13/h1,6-7,9H,2-5,8H2,(H,24,25). The molecule has 1 fully saturated rings. The zero-order valence-electron chi connectivity index (χ0n) is 13.6. The van der Waals surface area contributed by atoms with Gasteiger partial charge < -0.3 is 14.9 Å². The summed E-state index contributed by atoms with van der Waals surface area (Å²) in [6.07, 6.45) is 2.82. The summed E-state index contributed by atoms with van der Waals surface area (Å²) in [5.74, 6) is -0.387. The number of anilines is 1. The molecule has 11 heteroatoms. The van der Waals surface area contributed by atoms with Crippen molar-refractivity contribution in [2.45, 2.75) is 6.54 Å². The molecular weight excluding hydrogens is 358 g/mol. The van der Waals surface area contributed by atoms with Gasteiger partial charge in [-0.15, -0.1) is 16.4 Å². The van der Waals surface area contributed by atoms with Crippen molar-refractivity contribution in [3.8, 4) is 0 Å². The average molecular weight is 373 g/mol. The number of aromatic nitrogens is 5. The van der Waals surface area contributed by atoms with Crippen LogP contribution < -0.4 is 4.90 Å². The van der Waals surface area contributed by atoms with Gasteiger partial charge in [0.25, 0.3) is 0 Å². The normalized spacial score (nSPS) is 14.8. The Bertz CT molecular complexity index is 961. The molecule has 26 heavy (non-hydrogen) atoms. The largest absolute Gasteiger partial charge is 0.476 e. The number of carboxylic acid groups (broad SMARTS) is 1. The van der Waals surface area contributed by atoms with Gasteiger partial charge in [-0.1, -0.05) is 5.21 Å². The highest BCUT2D eigenvalue weighted by molar-refractivity contribution is 7.16. The number of hydrogen-bond acceptors (Lipinski definition) is 8. The van der Waals surface area contributed by atoms with Crippen LogP contribution in [0.2, 0.25) is 0 Å². The summed E-state index contributed by atoms with van der Waals surface area (Å²) in [6.45, 7) is 2.45. The first-order valence-corrected chi connectivity index (χ1v) is 8.84. The molecule has 0 radical (unpaired) electrons. The van der Waals surface area contributed by atoms with Gasteiger partial charge in [0.2, 0.25) is 5.91 Å². The third kappa shape index (κ3) is 3.08. The predicted molar refractivity (Wildman–Crippen MR) is 93.2 cm³/mol. The van der Waals surface area contributed by atoms with Crippen molar-refractivity contribution in [3.05, 3.63) is 29.7 Å². The van der Waals surface area contributed by atoms with Crippen LogP contribution in [0.1, 0.15) is 10.5 Å². The van der Waals surface area contributed by atoms with E-state index in [1.165, 1.54) is 10.9 Å². The van der Waals surface area contributed by atoms with Crippen LogP contribution in [0.5, 0.6) is 0 Å². The Morgan fingerprint density at radius 3 is 2.73 bits per heavy atom. The van der Waals surface area contributed by atoms with Gasteiger partial charge in [-0.05, 0) is 11.4 Å². The molecule has 4 rings (SSSR count). The van der Waals surface area contributed by atoms with Gasteiger partial charge in [0.1, 0.15) is 23.5 Å². The second kappa shape index (κ2) is 6.67. The quantitative estimate of drug-likeness (QED) is 0.695. The number of fused-ring (bicyclic) bond motifs is 1. The maximum absolute atomic E-state index is 12.4. The first-order chi connectivity index (χ1) is 12.6. The maximum atomic E-state index is 12.4. The van der Waals surface area contributed by atoms with E-state index in [0.29, 0.717) is 26.2 Å². The summed E-state index contributed by atoms with van der Waals surface area (Å²) in [5.41, 5.74) is -0.175. The number of amides is 1. The van der Waals surface area contributed by atoms with Crippen LogP contribution in [0.3, 0.4) is 0 Å². The van der Waals surface area contributed by atoms with Gasteiger partial charge in [-0.2, -0.15) is 0 Å². The number of rotatable bonds is 4. The Balaban J connectivity index is 1.39. The molecule has 0 spiro atoms. The number of carbonyl (C=O) groups is 2. The van der Waals surface area contributed by atoms with E-state index in [4.69, 9.17) is 5.11 Å². The van der Waals surface area contributed by atoms with Gasteiger partial charge in [0, 0.05) is 26.2 Å². The van der Waals surface area contributed by atoms with E-state index in [0.717, 1.165) is 16.0 Å². The van der Waals surface area contributed by atoms with Gasteiger partial charge >= 0.3 is 5.97 Å². The first kappa shape index (κ1) is 16.4. The van der Waals surface area contributed by atoms with Crippen molar-refractivity contribution in [3.63, 3.8) is 0 Å². The number of piperazine rings is 1. The number of aromatic carboxylic acids is 1. The maximum Gasteiger partial charge on any atom is 0.358 e. The van der Waals surface area contributed by atoms with Crippen molar-refractivity contribution < 1.29 is 14.7 Å². The molecule has 1 aliphatic heterocycles. The Morgan fingerprint density at radius 2 is 2.00 bits per heavy atom. The summed E-state index contributed by atoms with van der Waals surface area (Å²) >= 11 is 1.58. The number of carboxylic acids is 1. The summed E-state index contributed by atoms with van der Waals surface area (Å²) in [4.78, 5) is 36.7. The van der Waals surface area contributed by atoms with Crippen molar-refractivity contribution >= 4 is 39.2 Å². The number of hydrogen-bond donors (Lipinski definition) is 1. The van der Waals surface area contributed by atoms with Crippen LogP contribution in [0.25, 0.3) is 10.2 Å². The molecule has 0 aromatic carbocycles. The lowest BCUT2D eigenvalue weighted by Crippen LogP contribution is -2.50. The first-order valence-electron chi connectivity index (χ1n) is 7.96. The molecule has 1 amide bonds. The highest BCUT2D eigenvalue weighted by Crippen LogP contribution is 2.27. The molecule has 10 nitrogen and oxygen atoms in total. The molecule has 4 heterocycles. The zero-order valence-corrected chi connectivity index (χ0v) is 14.5. The van der Waals surface area contributed by atoms with E-state index >= 15 is 0 Å². The molecule has 1 N–H and O–H groups in total. The molecule has 1 aliphatic rings. The van der Waals surface area contributed by atoms with Crippen LogP contribution in [0, 0.1) is 0 Å². The summed E-state index contributed by atoms with van der Waals surface area (Å²) in [5, 5.41) is 19.1. The Morgan fingerprint density at radius 1 is 1.19 bits per heavy atom. The monoisotopic (exact) mass is 373 g/mol. The minimum atomic E-state index is -1.16. The molecule has 0 unspecified atom stereocenters. The minimum absolute atomic E-state index is 0.0252. The molecule has 0 atom stereocenters. The third-order valence-corrected chi connectivity index (χ3v) is 5.05. The molecule has 3 aromatic heterocycles. The summed E-state index contributed by atoms with van der Waals surface area (Å²) < 4.78 is 1.25. The number of carbonyl (C=O) groups excluding carboxylic acids is 1. The molecule has 3 aromatic rings. The lowest BCUT2D eigenvalue weighted by molar-refractivity contribution is -0.132. The lowest BCUT2D eigenvalue weighted by Gasteiger charge is -2.35. The second-order valence-corrected chi connectivity index (χ2v) is 6.71. The Labute approximate surface area is 151 Å². The van der Waals surface area contributed by atoms with Crippen LogP contribution in [-0.2, 0) is 11.3 Å². The Hall–Kier alpha value is -3.08. The van der Waals surface area contributed by atoms with Crippen molar-refractivity contribution in [1.29, 1.82) is 0 Å². The zero-order chi connectivity index (χ0) is 18.1. The smallest absolute Gasteiger partial charge is 0.358 e. The fourth-order valence-electron chi connectivity index (χ4n) is 2.91. The summed E-state index contributed by atoms with van der Waals surface area (Å²) in [6, 6.07) is 2.01. The molecule has 134 valence electrons. The molecular formula is C15H15N7O3S. The van der Waals surface area contributed by atoms with Gasteiger partial charge in [0.15, 0.2) is 5.69 Å².